The first-order valence-electron chi connectivity index (χ1n) is 8.41. The van der Waals surface area contributed by atoms with Crippen molar-refractivity contribution in [3.63, 3.8) is 0 Å². The lowest BCUT2D eigenvalue weighted by Gasteiger charge is -2.17. The number of halogens is 1. The molecule has 0 N–H and O–H groups in total. The largest absolute Gasteiger partial charge is 0.462 e. The first kappa shape index (κ1) is 18.6. The summed E-state index contributed by atoms with van der Waals surface area (Å²) >= 11 is 7.08. The average Bonchev–Trinajstić information content (AvgIpc) is 3.36. The summed E-state index contributed by atoms with van der Waals surface area (Å²) in [6, 6.07) is 7.39. The standard InChI is InChI=1S/C19H19ClN2O3S/c1-3-25-18(24)17-12(2)21-19(26-17)22(15-9-10-15)16(23)11-6-13-4-7-14(20)8-5-13/h4-8,11,15H,3,9-10H2,1-2H3/b11-6+. The third-order valence-electron chi connectivity index (χ3n) is 3.89. The number of aromatic nitrogens is 1. The molecule has 1 aliphatic rings. The summed E-state index contributed by atoms with van der Waals surface area (Å²) in [5, 5.41) is 1.19. The highest BCUT2D eigenvalue weighted by molar-refractivity contribution is 7.17. The van der Waals surface area contributed by atoms with Gasteiger partial charge >= 0.3 is 5.97 Å². The molecule has 3 rings (SSSR count). The maximum atomic E-state index is 12.7. The number of hydrogen-bond donors (Lipinski definition) is 0. The minimum Gasteiger partial charge on any atom is -0.462 e. The average molecular weight is 391 g/mol. The van der Waals surface area contributed by atoms with Crippen LogP contribution in [-0.2, 0) is 9.53 Å². The van der Waals surface area contributed by atoms with E-state index >= 15 is 0 Å². The van der Waals surface area contributed by atoms with Crippen LogP contribution in [0.1, 0.15) is 40.7 Å². The van der Waals surface area contributed by atoms with Crippen molar-refractivity contribution in [1.82, 2.24) is 4.98 Å². The van der Waals surface area contributed by atoms with Gasteiger partial charge < -0.3 is 4.74 Å². The molecule has 0 saturated heterocycles. The molecule has 26 heavy (non-hydrogen) atoms. The molecule has 1 heterocycles. The van der Waals surface area contributed by atoms with Crippen molar-refractivity contribution in [2.24, 2.45) is 0 Å². The van der Waals surface area contributed by atoms with E-state index in [1.807, 2.05) is 12.1 Å². The maximum absolute atomic E-state index is 12.7. The van der Waals surface area contributed by atoms with Crippen molar-refractivity contribution in [1.29, 1.82) is 0 Å². The van der Waals surface area contributed by atoms with Crippen LogP contribution in [-0.4, -0.2) is 29.5 Å². The molecule has 0 unspecified atom stereocenters. The summed E-state index contributed by atoms with van der Waals surface area (Å²) < 4.78 is 5.06. The summed E-state index contributed by atoms with van der Waals surface area (Å²) in [6.07, 6.45) is 5.16. The number of anilines is 1. The fraction of sp³-hybridized carbons (Fsp3) is 0.316. The zero-order valence-corrected chi connectivity index (χ0v) is 16.1. The van der Waals surface area contributed by atoms with Crippen LogP contribution in [0.5, 0.6) is 0 Å². The number of aryl methyl sites for hydroxylation is 1. The number of hydrogen-bond acceptors (Lipinski definition) is 5. The molecular formula is C19H19ClN2O3S. The Kier molecular flexibility index (Phi) is 5.74. The molecule has 1 saturated carbocycles. The number of carbonyl (C=O) groups excluding carboxylic acids is 2. The van der Waals surface area contributed by atoms with Crippen LogP contribution < -0.4 is 4.90 Å². The Balaban J connectivity index is 1.81. The van der Waals surface area contributed by atoms with Gasteiger partial charge in [0.05, 0.1) is 12.3 Å². The Labute approximate surface area is 161 Å². The van der Waals surface area contributed by atoms with Gasteiger partial charge in [0.15, 0.2) is 5.13 Å². The zero-order chi connectivity index (χ0) is 18.7. The second kappa shape index (κ2) is 8.01. The van der Waals surface area contributed by atoms with Crippen LogP contribution >= 0.6 is 22.9 Å². The van der Waals surface area contributed by atoms with Gasteiger partial charge in [-0.15, -0.1) is 0 Å². The number of esters is 1. The van der Waals surface area contributed by atoms with Gasteiger partial charge in [0.2, 0.25) is 0 Å². The van der Waals surface area contributed by atoms with Crippen molar-refractivity contribution in [2.45, 2.75) is 32.7 Å². The van der Waals surface area contributed by atoms with Gasteiger partial charge in [0, 0.05) is 17.1 Å². The lowest BCUT2D eigenvalue weighted by atomic mass is 10.2. The van der Waals surface area contributed by atoms with E-state index in [1.165, 1.54) is 17.4 Å². The summed E-state index contributed by atoms with van der Waals surface area (Å²) in [7, 11) is 0. The minimum atomic E-state index is -0.395. The van der Waals surface area contributed by atoms with Gasteiger partial charge in [-0.1, -0.05) is 35.1 Å². The van der Waals surface area contributed by atoms with E-state index in [2.05, 4.69) is 4.98 Å². The number of nitrogens with zero attached hydrogens (tertiary/aromatic N) is 2. The monoisotopic (exact) mass is 390 g/mol. The highest BCUT2D eigenvalue weighted by atomic mass is 35.5. The van der Waals surface area contributed by atoms with Crippen molar-refractivity contribution < 1.29 is 14.3 Å². The summed E-state index contributed by atoms with van der Waals surface area (Å²) in [6.45, 7) is 3.82. The first-order chi connectivity index (χ1) is 12.5. The van der Waals surface area contributed by atoms with Crippen molar-refractivity contribution >= 4 is 46.0 Å². The van der Waals surface area contributed by atoms with Crippen LogP contribution in [0.15, 0.2) is 30.3 Å². The van der Waals surface area contributed by atoms with Gasteiger partial charge in [-0.3, -0.25) is 9.69 Å². The Morgan fingerprint density at radius 2 is 2.04 bits per heavy atom. The molecule has 1 aliphatic carbocycles. The van der Waals surface area contributed by atoms with E-state index in [4.69, 9.17) is 16.3 Å². The SMILES string of the molecule is CCOC(=O)c1sc(N(C(=O)/C=C/c2ccc(Cl)cc2)C2CC2)nc1C. The molecule has 1 aromatic heterocycles. The Morgan fingerprint density at radius 1 is 1.35 bits per heavy atom. The molecule has 1 amide bonds. The molecule has 1 fully saturated rings. The number of thiazole rings is 1. The van der Waals surface area contributed by atoms with Crippen LogP contribution in [0, 0.1) is 6.92 Å². The molecule has 136 valence electrons. The van der Waals surface area contributed by atoms with Crippen molar-refractivity contribution in [3.8, 4) is 0 Å². The van der Waals surface area contributed by atoms with E-state index in [9.17, 15) is 9.59 Å². The summed E-state index contributed by atoms with van der Waals surface area (Å²) in [4.78, 5) is 31.3. The smallest absolute Gasteiger partial charge is 0.350 e. The lowest BCUT2D eigenvalue weighted by molar-refractivity contribution is -0.114. The Hall–Kier alpha value is -2.18. The quantitative estimate of drug-likeness (QED) is 0.538. The topological polar surface area (TPSA) is 59.5 Å². The van der Waals surface area contributed by atoms with E-state index in [0.29, 0.717) is 27.3 Å². The van der Waals surface area contributed by atoms with Crippen LogP contribution in [0.25, 0.3) is 6.08 Å². The van der Waals surface area contributed by atoms with Crippen LogP contribution in [0.2, 0.25) is 5.02 Å². The minimum absolute atomic E-state index is 0.137. The molecule has 0 atom stereocenters. The van der Waals surface area contributed by atoms with Gasteiger partial charge in [-0.2, -0.15) is 0 Å². The normalized spacial score (nSPS) is 13.8. The molecule has 7 heteroatoms. The Bertz CT molecular complexity index is 841. The molecule has 0 bridgehead atoms. The van der Waals surface area contributed by atoms with Crippen molar-refractivity contribution in [2.75, 3.05) is 11.5 Å². The predicted octanol–water partition coefficient (Wildman–Crippen LogP) is 4.49. The molecule has 0 aliphatic heterocycles. The molecule has 5 nitrogen and oxygen atoms in total. The van der Waals surface area contributed by atoms with E-state index in [-0.39, 0.29) is 11.9 Å². The molecular weight excluding hydrogens is 372 g/mol. The number of ether oxygens (including phenoxy) is 1. The zero-order valence-electron chi connectivity index (χ0n) is 14.6. The van der Waals surface area contributed by atoms with Crippen LogP contribution in [0.3, 0.4) is 0 Å². The van der Waals surface area contributed by atoms with E-state index < -0.39 is 5.97 Å². The highest BCUT2D eigenvalue weighted by Crippen LogP contribution is 2.36. The summed E-state index contributed by atoms with van der Waals surface area (Å²) in [5.41, 5.74) is 1.48. The molecule has 2 aromatic rings. The molecule has 0 radical (unpaired) electrons. The van der Waals surface area contributed by atoms with Gasteiger partial charge in [0.1, 0.15) is 4.88 Å². The first-order valence-corrected chi connectivity index (χ1v) is 9.60. The maximum Gasteiger partial charge on any atom is 0.350 e. The second-order valence-corrected chi connectivity index (χ2v) is 7.37. The Morgan fingerprint density at radius 3 is 2.65 bits per heavy atom. The number of benzene rings is 1. The van der Waals surface area contributed by atoms with Crippen LogP contribution in [0.4, 0.5) is 5.13 Å². The second-order valence-electron chi connectivity index (χ2n) is 5.96. The highest BCUT2D eigenvalue weighted by Gasteiger charge is 2.35. The van der Waals surface area contributed by atoms with E-state index in [0.717, 1.165) is 18.4 Å². The predicted molar refractivity (Wildman–Crippen MR) is 104 cm³/mol. The van der Waals surface area contributed by atoms with Gasteiger partial charge in [-0.25, -0.2) is 9.78 Å². The van der Waals surface area contributed by atoms with Gasteiger partial charge in [0.25, 0.3) is 5.91 Å². The van der Waals surface area contributed by atoms with E-state index in [1.54, 1.807) is 37.0 Å². The number of carbonyl (C=O) groups is 2. The van der Waals surface area contributed by atoms with Gasteiger partial charge in [-0.05, 0) is 50.5 Å². The van der Waals surface area contributed by atoms with Crippen molar-refractivity contribution in [3.05, 3.63) is 51.5 Å². The number of rotatable bonds is 6. The third kappa shape index (κ3) is 4.31. The molecule has 0 spiro atoms. The fourth-order valence-corrected chi connectivity index (χ4v) is 3.62. The summed E-state index contributed by atoms with van der Waals surface area (Å²) in [5.74, 6) is -0.541. The lowest BCUT2D eigenvalue weighted by Crippen LogP contribution is -2.31. The third-order valence-corrected chi connectivity index (χ3v) is 5.28. The molecule has 1 aromatic carbocycles. The fourth-order valence-electron chi connectivity index (χ4n) is 2.46. The number of amides is 1.